The van der Waals surface area contributed by atoms with Gasteiger partial charge in [0.1, 0.15) is 0 Å². The molecule has 0 spiro atoms. The number of rotatable bonds is 4. The van der Waals surface area contributed by atoms with Crippen LogP contribution < -0.4 is 0 Å². The first-order chi connectivity index (χ1) is 11.0. The minimum absolute atomic E-state index is 0.00344. The second-order valence-electron chi connectivity index (χ2n) is 6.51. The topological polar surface area (TPSA) is 54.5 Å². The molecule has 1 fully saturated rings. The average Bonchev–Trinajstić information content (AvgIpc) is 2.99. The van der Waals surface area contributed by atoms with Gasteiger partial charge in [-0.2, -0.15) is 0 Å². The lowest BCUT2D eigenvalue weighted by Gasteiger charge is -2.33. The number of ketones is 1. The summed E-state index contributed by atoms with van der Waals surface area (Å²) >= 11 is 0. The van der Waals surface area contributed by atoms with Crippen LogP contribution in [0.4, 0.5) is 0 Å². The average molecular weight is 333 g/mol. The smallest absolute Gasteiger partial charge is 0.223 e. The van der Waals surface area contributed by atoms with Crippen LogP contribution in [-0.2, 0) is 28.4 Å². The number of fused-ring (bicyclic) bond motifs is 1. The number of carbonyl (C=O) groups is 2. The van der Waals surface area contributed by atoms with E-state index >= 15 is 0 Å². The maximum absolute atomic E-state index is 12.3. The number of aryl methyl sites for hydroxylation is 2. The summed E-state index contributed by atoms with van der Waals surface area (Å²) in [7, 11) is -0.811. The van der Waals surface area contributed by atoms with Gasteiger partial charge in [0, 0.05) is 53.3 Å². The maximum atomic E-state index is 12.3. The van der Waals surface area contributed by atoms with E-state index in [4.69, 9.17) is 0 Å². The molecule has 1 heterocycles. The van der Waals surface area contributed by atoms with Crippen molar-refractivity contribution in [2.75, 3.05) is 18.1 Å². The van der Waals surface area contributed by atoms with Gasteiger partial charge in [-0.3, -0.25) is 13.8 Å². The SMILES string of the molecule is C[C@@H]1C[S@@](=O)CCN1C(=O)CCC(=O)c1ccc2c(c1)CCC2. The molecule has 1 aliphatic carbocycles. The van der Waals surface area contributed by atoms with Crippen molar-refractivity contribution < 1.29 is 13.8 Å². The van der Waals surface area contributed by atoms with Crippen molar-refractivity contribution in [3.8, 4) is 0 Å². The molecule has 0 bridgehead atoms. The second-order valence-corrected chi connectivity index (χ2v) is 8.13. The molecule has 1 saturated heterocycles. The number of hydrogen-bond acceptors (Lipinski definition) is 3. The van der Waals surface area contributed by atoms with Crippen LogP contribution in [-0.4, -0.2) is 44.9 Å². The van der Waals surface area contributed by atoms with Gasteiger partial charge in [-0.25, -0.2) is 0 Å². The molecule has 0 radical (unpaired) electrons. The van der Waals surface area contributed by atoms with E-state index in [0.717, 1.165) is 18.4 Å². The number of amides is 1. The Morgan fingerprint density at radius 1 is 1.22 bits per heavy atom. The monoisotopic (exact) mass is 333 g/mol. The molecule has 0 N–H and O–H groups in total. The standard InChI is InChI=1S/C18H23NO3S/c1-13-12-23(22)10-9-19(13)18(21)8-7-17(20)16-6-5-14-3-2-4-15(14)11-16/h5-6,11,13H,2-4,7-10,12H2,1H3/t13-,23+/m1/s1. The van der Waals surface area contributed by atoms with E-state index in [1.165, 1.54) is 17.5 Å². The van der Waals surface area contributed by atoms with E-state index in [0.29, 0.717) is 18.1 Å². The van der Waals surface area contributed by atoms with Gasteiger partial charge >= 0.3 is 0 Å². The van der Waals surface area contributed by atoms with Gasteiger partial charge in [0.15, 0.2) is 5.78 Å². The zero-order chi connectivity index (χ0) is 16.4. The summed E-state index contributed by atoms with van der Waals surface area (Å²) in [5.41, 5.74) is 3.37. The largest absolute Gasteiger partial charge is 0.338 e. The second kappa shape index (κ2) is 6.95. The van der Waals surface area contributed by atoms with Crippen molar-refractivity contribution in [1.82, 2.24) is 4.90 Å². The number of Topliss-reactive ketones (excluding diaryl/α,β-unsaturated/α-hetero) is 1. The minimum atomic E-state index is -0.811. The molecular weight excluding hydrogens is 310 g/mol. The fraction of sp³-hybridized carbons (Fsp3) is 0.556. The Labute approximate surface area is 139 Å². The zero-order valence-electron chi connectivity index (χ0n) is 13.5. The quantitative estimate of drug-likeness (QED) is 0.793. The Kier molecular flexibility index (Phi) is 4.95. The van der Waals surface area contributed by atoms with Crippen molar-refractivity contribution in [3.63, 3.8) is 0 Å². The fourth-order valence-electron chi connectivity index (χ4n) is 3.49. The molecule has 0 unspecified atom stereocenters. The number of benzene rings is 1. The van der Waals surface area contributed by atoms with Crippen LogP contribution in [0.2, 0.25) is 0 Å². The van der Waals surface area contributed by atoms with Gasteiger partial charge in [-0.15, -0.1) is 0 Å². The van der Waals surface area contributed by atoms with Gasteiger partial charge < -0.3 is 4.90 Å². The third-order valence-electron chi connectivity index (χ3n) is 4.83. The Morgan fingerprint density at radius 3 is 2.78 bits per heavy atom. The summed E-state index contributed by atoms with van der Waals surface area (Å²) in [6.07, 6.45) is 3.82. The molecule has 1 aromatic carbocycles. The first-order valence-electron chi connectivity index (χ1n) is 8.34. The Balaban J connectivity index is 1.56. The maximum Gasteiger partial charge on any atom is 0.223 e. The predicted octanol–water partition coefficient (Wildman–Crippen LogP) is 2.12. The normalized spacial score (nSPS) is 23.6. The first kappa shape index (κ1) is 16.4. The van der Waals surface area contributed by atoms with Gasteiger partial charge in [-0.05, 0) is 43.4 Å². The van der Waals surface area contributed by atoms with Crippen LogP contribution in [0.25, 0.3) is 0 Å². The summed E-state index contributed by atoms with van der Waals surface area (Å²) in [5.74, 6) is 1.14. The third kappa shape index (κ3) is 3.71. The molecule has 1 aromatic rings. The minimum Gasteiger partial charge on any atom is -0.338 e. The summed E-state index contributed by atoms with van der Waals surface area (Å²) in [5, 5.41) is 0. The van der Waals surface area contributed by atoms with E-state index in [-0.39, 0.29) is 30.6 Å². The molecular formula is C18H23NO3S. The lowest BCUT2D eigenvalue weighted by molar-refractivity contribution is -0.132. The molecule has 0 aromatic heterocycles. The van der Waals surface area contributed by atoms with Crippen molar-refractivity contribution in [1.29, 1.82) is 0 Å². The highest BCUT2D eigenvalue weighted by Crippen LogP contribution is 2.23. The molecule has 1 amide bonds. The third-order valence-corrected chi connectivity index (χ3v) is 6.32. The molecule has 2 aliphatic rings. The molecule has 5 heteroatoms. The molecule has 124 valence electrons. The van der Waals surface area contributed by atoms with E-state index < -0.39 is 10.8 Å². The van der Waals surface area contributed by atoms with Crippen LogP contribution in [0.5, 0.6) is 0 Å². The van der Waals surface area contributed by atoms with Crippen LogP contribution in [0.3, 0.4) is 0 Å². The highest BCUT2D eigenvalue weighted by molar-refractivity contribution is 7.85. The highest BCUT2D eigenvalue weighted by atomic mass is 32.2. The molecule has 0 saturated carbocycles. The van der Waals surface area contributed by atoms with E-state index in [2.05, 4.69) is 6.07 Å². The van der Waals surface area contributed by atoms with Gasteiger partial charge in [-0.1, -0.05) is 12.1 Å². The zero-order valence-corrected chi connectivity index (χ0v) is 14.4. The first-order valence-corrected chi connectivity index (χ1v) is 9.83. The van der Waals surface area contributed by atoms with Crippen LogP contribution in [0.1, 0.15) is 47.7 Å². The van der Waals surface area contributed by atoms with Crippen molar-refractivity contribution in [3.05, 3.63) is 34.9 Å². The van der Waals surface area contributed by atoms with E-state index in [9.17, 15) is 13.8 Å². The lowest BCUT2D eigenvalue weighted by atomic mass is 10.0. The van der Waals surface area contributed by atoms with Crippen LogP contribution in [0, 0.1) is 0 Å². The summed E-state index contributed by atoms with van der Waals surface area (Å²) < 4.78 is 11.5. The van der Waals surface area contributed by atoms with Gasteiger partial charge in [0.2, 0.25) is 5.91 Å². The van der Waals surface area contributed by atoms with E-state index in [1.807, 2.05) is 19.1 Å². The fourth-order valence-corrected chi connectivity index (χ4v) is 4.77. The summed E-state index contributed by atoms with van der Waals surface area (Å²) in [4.78, 5) is 26.4. The van der Waals surface area contributed by atoms with Crippen LogP contribution >= 0.6 is 0 Å². The Morgan fingerprint density at radius 2 is 2.00 bits per heavy atom. The van der Waals surface area contributed by atoms with Crippen molar-refractivity contribution in [2.45, 2.75) is 45.1 Å². The summed E-state index contributed by atoms with van der Waals surface area (Å²) in [6.45, 7) is 2.47. The predicted molar refractivity (Wildman–Crippen MR) is 91.1 cm³/mol. The van der Waals surface area contributed by atoms with Crippen molar-refractivity contribution >= 4 is 22.5 Å². The highest BCUT2D eigenvalue weighted by Gasteiger charge is 2.26. The summed E-state index contributed by atoms with van der Waals surface area (Å²) in [6, 6.07) is 5.96. The van der Waals surface area contributed by atoms with Crippen LogP contribution in [0.15, 0.2) is 18.2 Å². The number of carbonyl (C=O) groups excluding carboxylic acids is 2. The molecule has 2 atom stereocenters. The van der Waals surface area contributed by atoms with E-state index in [1.54, 1.807) is 4.90 Å². The van der Waals surface area contributed by atoms with Gasteiger partial charge in [0.25, 0.3) is 0 Å². The Bertz CT molecular complexity index is 656. The van der Waals surface area contributed by atoms with Gasteiger partial charge in [0.05, 0.1) is 0 Å². The molecule has 23 heavy (non-hydrogen) atoms. The molecule has 3 rings (SSSR count). The number of nitrogens with zero attached hydrogens (tertiary/aromatic N) is 1. The lowest BCUT2D eigenvalue weighted by Crippen LogP contribution is -2.48. The Hall–Kier alpha value is -1.49. The molecule has 4 nitrogen and oxygen atoms in total. The molecule has 1 aliphatic heterocycles. The number of hydrogen-bond donors (Lipinski definition) is 0. The van der Waals surface area contributed by atoms with Crippen molar-refractivity contribution in [2.24, 2.45) is 0 Å².